The van der Waals surface area contributed by atoms with Crippen molar-refractivity contribution >= 4 is 11.5 Å². The first-order valence-corrected chi connectivity index (χ1v) is 11.5. The summed E-state index contributed by atoms with van der Waals surface area (Å²) in [4.78, 5) is 20.6. The van der Waals surface area contributed by atoms with E-state index in [1.807, 2.05) is 6.08 Å². The fraction of sp³-hybridized carbons (Fsp3) is 0.346. The Morgan fingerprint density at radius 3 is 2.59 bits per heavy atom. The van der Waals surface area contributed by atoms with Crippen LogP contribution in [-0.4, -0.2) is 46.9 Å². The van der Waals surface area contributed by atoms with Crippen molar-refractivity contribution < 1.29 is 36.6 Å². The molecule has 3 aromatic rings. The van der Waals surface area contributed by atoms with Gasteiger partial charge < -0.3 is 14.2 Å². The first kappa shape index (κ1) is 24.9. The second-order valence-electron chi connectivity index (χ2n) is 8.95. The second-order valence-corrected chi connectivity index (χ2v) is 8.95. The Hall–Kier alpha value is -3.73. The number of rotatable bonds is 5. The number of aromatic nitrogens is 3. The lowest BCUT2D eigenvalue weighted by Crippen LogP contribution is -2.34. The fourth-order valence-corrected chi connectivity index (χ4v) is 5.35. The molecule has 0 N–H and O–H groups in total. The Bertz CT molecular complexity index is 1350. The van der Waals surface area contributed by atoms with E-state index >= 15 is 0 Å². The highest BCUT2D eigenvalue weighted by Gasteiger charge is 2.54. The van der Waals surface area contributed by atoms with E-state index in [1.165, 1.54) is 44.7 Å². The van der Waals surface area contributed by atoms with Crippen molar-refractivity contribution in [1.29, 1.82) is 0 Å². The van der Waals surface area contributed by atoms with Crippen LogP contribution >= 0.6 is 0 Å². The maximum absolute atomic E-state index is 13.7. The molecule has 3 heterocycles. The van der Waals surface area contributed by atoms with Gasteiger partial charge in [0.2, 0.25) is 5.82 Å². The third-order valence-corrected chi connectivity index (χ3v) is 6.93. The van der Waals surface area contributed by atoms with E-state index in [4.69, 9.17) is 14.2 Å². The molecule has 37 heavy (non-hydrogen) atoms. The molecule has 1 saturated carbocycles. The lowest BCUT2D eigenvalue weighted by molar-refractivity contribution is -0.147. The summed E-state index contributed by atoms with van der Waals surface area (Å²) < 4.78 is 71.7. The summed E-state index contributed by atoms with van der Waals surface area (Å²) in [6.45, 7) is 0.0917. The van der Waals surface area contributed by atoms with Gasteiger partial charge in [0.25, 0.3) is 0 Å². The summed E-state index contributed by atoms with van der Waals surface area (Å²) in [7, 11) is 2.76. The molecule has 0 amide bonds. The molecule has 1 aliphatic carbocycles. The van der Waals surface area contributed by atoms with Crippen molar-refractivity contribution in [3.63, 3.8) is 0 Å². The Labute approximate surface area is 209 Å². The van der Waals surface area contributed by atoms with Crippen molar-refractivity contribution in [3.8, 4) is 11.6 Å². The van der Waals surface area contributed by atoms with Gasteiger partial charge in [-0.25, -0.2) is 14.4 Å². The predicted octanol–water partition coefficient (Wildman–Crippen LogP) is 4.95. The maximum Gasteiger partial charge on any atom is 0.450 e. The molecular weight excluding hydrogens is 494 g/mol. The van der Waals surface area contributed by atoms with E-state index in [0.717, 1.165) is 10.8 Å². The number of alkyl halides is 3. The van der Waals surface area contributed by atoms with Crippen LogP contribution in [0.1, 0.15) is 35.8 Å². The third kappa shape index (κ3) is 4.37. The van der Waals surface area contributed by atoms with E-state index in [9.17, 15) is 22.4 Å². The summed E-state index contributed by atoms with van der Waals surface area (Å²) in [5, 5.41) is 0. The molecule has 0 bridgehead atoms. The molecular formula is C26H23F4N3O4. The number of carbonyl (C=O) groups excluding carboxylic acids is 1. The predicted molar refractivity (Wildman–Crippen MR) is 123 cm³/mol. The Balaban J connectivity index is 1.58. The number of benzene rings is 1. The lowest BCUT2D eigenvalue weighted by atomic mass is 9.79. The first-order chi connectivity index (χ1) is 17.7. The topological polar surface area (TPSA) is 75.5 Å². The number of halogens is 4. The standard InChI is InChI=1S/C26H23F4N3O4/c1-35-19-7-8-20(33-12-11-31-24(33)26(28,29)30)32-22(19)16-13-25(37-14-16)10-9-18(23(34)36-2)21(25)15-3-5-17(27)6-4-15/h3-8,11-13,18,21H,9-10,14H2,1-2H3/t18-,21+,25+/m0/s1. The zero-order chi connectivity index (χ0) is 26.4. The quantitative estimate of drug-likeness (QED) is 0.352. The summed E-state index contributed by atoms with van der Waals surface area (Å²) in [5.74, 6) is -2.52. The van der Waals surface area contributed by atoms with E-state index < -0.39 is 41.2 Å². The van der Waals surface area contributed by atoms with Crippen LogP contribution in [0.3, 0.4) is 0 Å². The molecule has 1 fully saturated rings. The third-order valence-electron chi connectivity index (χ3n) is 6.93. The minimum atomic E-state index is -4.67. The van der Waals surface area contributed by atoms with Gasteiger partial charge in [0, 0.05) is 23.9 Å². The van der Waals surface area contributed by atoms with Crippen molar-refractivity contribution in [3.05, 3.63) is 77.8 Å². The van der Waals surface area contributed by atoms with Gasteiger partial charge in [-0.2, -0.15) is 13.2 Å². The van der Waals surface area contributed by atoms with Crippen LogP contribution in [0.4, 0.5) is 17.6 Å². The number of esters is 1. The number of methoxy groups -OCH3 is 2. The minimum absolute atomic E-state index is 0.0106. The van der Waals surface area contributed by atoms with Gasteiger partial charge in [-0.05, 0) is 48.7 Å². The molecule has 0 saturated heterocycles. The highest BCUT2D eigenvalue weighted by molar-refractivity contribution is 5.77. The Morgan fingerprint density at radius 2 is 1.92 bits per heavy atom. The molecule has 3 atom stereocenters. The summed E-state index contributed by atoms with van der Waals surface area (Å²) in [5.41, 5.74) is 0.720. The van der Waals surface area contributed by atoms with Gasteiger partial charge in [-0.15, -0.1) is 0 Å². The van der Waals surface area contributed by atoms with Crippen LogP contribution < -0.4 is 4.74 Å². The molecule has 0 unspecified atom stereocenters. The van der Waals surface area contributed by atoms with E-state index in [2.05, 4.69) is 9.97 Å². The van der Waals surface area contributed by atoms with E-state index in [1.54, 1.807) is 12.1 Å². The molecule has 7 nitrogen and oxygen atoms in total. The van der Waals surface area contributed by atoms with Crippen LogP contribution in [0.5, 0.6) is 5.75 Å². The Morgan fingerprint density at radius 1 is 1.16 bits per heavy atom. The van der Waals surface area contributed by atoms with Crippen molar-refractivity contribution in [2.45, 2.75) is 30.5 Å². The lowest BCUT2D eigenvalue weighted by Gasteiger charge is -2.31. The van der Waals surface area contributed by atoms with E-state index in [-0.39, 0.29) is 12.4 Å². The van der Waals surface area contributed by atoms with Crippen LogP contribution in [0, 0.1) is 11.7 Å². The van der Waals surface area contributed by atoms with E-state index in [0.29, 0.717) is 35.4 Å². The Kier molecular flexibility index (Phi) is 6.26. The molecule has 5 rings (SSSR count). The largest absolute Gasteiger partial charge is 0.494 e. The zero-order valence-electron chi connectivity index (χ0n) is 20.0. The molecule has 194 valence electrons. The zero-order valence-corrected chi connectivity index (χ0v) is 20.0. The van der Waals surface area contributed by atoms with Crippen LogP contribution in [0.15, 0.2) is 54.9 Å². The number of pyridine rings is 1. The number of imidazole rings is 1. The first-order valence-electron chi connectivity index (χ1n) is 11.5. The number of hydrogen-bond donors (Lipinski definition) is 0. The molecule has 1 aliphatic heterocycles. The van der Waals surface area contributed by atoms with Gasteiger partial charge >= 0.3 is 12.1 Å². The van der Waals surface area contributed by atoms with Crippen molar-refractivity contribution in [2.24, 2.45) is 5.92 Å². The molecule has 1 spiro atoms. The van der Waals surface area contributed by atoms with Crippen LogP contribution in [-0.2, 0) is 20.4 Å². The normalized spacial score (nSPS) is 23.4. The highest BCUT2D eigenvalue weighted by Crippen LogP contribution is 2.54. The van der Waals surface area contributed by atoms with Crippen molar-refractivity contribution in [1.82, 2.24) is 14.5 Å². The van der Waals surface area contributed by atoms with Crippen LogP contribution in [0.25, 0.3) is 11.4 Å². The van der Waals surface area contributed by atoms with Gasteiger partial charge in [0.1, 0.15) is 23.1 Å². The monoisotopic (exact) mass is 517 g/mol. The van der Waals surface area contributed by atoms with Crippen molar-refractivity contribution in [2.75, 3.05) is 20.8 Å². The molecule has 2 aliphatic rings. The van der Waals surface area contributed by atoms with Gasteiger partial charge in [0.15, 0.2) is 0 Å². The van der Waals surface area contributed by atoms with Gasteiger partial charge in [-0.3, -0.25) is 9.36 Å². The average Bonchev–Trinajstić information content (AvgIpc) is 3.63. The fourth-order valence-electron chi connectivity index (χ4n) is 5.35. The number of nitrogens with zero attached hydrogens (tertiary/aromatic N) is 3. The number of carbonyl (C=O) groups is 1. The SMILES string of the molecule is COC(=O)[C@H]1CC[C@@]2(C=C(c3nc(-n4ccnc4C(F)(F)F)ccc3OC)CO2)[C@@H]1c1ccc(F)cc1. The summed E-state index contributed by atoms with van der Waals surface area (Å²) in [6.07, 6.45) is 0.398. The number of hydrogen-bond acceptors (Lipinski definition) is 6. The number of ether oxygens (including phenoxy) is 3. The summed E-state index contributed by atoms with van der Waals surface area (Å²) in [6, 6.07) is 8.84. The molecule has 1 aromatic carbocycles. The second kappa shape index (κ2) is 9.29. The van der Waals surface area contributed by atoms with Crippen LogP contribution in [0.2, 0.25) is 0 Å². The molecule has 0 radical (unpaired) electrons. The molecule has 2 aromatic heterocycles. The van der Waals surface area contributed by atoms with Gasteiger partial charge in [-0.1, -0.05) is 12.1 Å². The highest BCUT2D eigenvalue weighted by atomic mass is 19.4. The average molecular weight is 517 g/mol. The summed E-state index contributed by atoms with van der Waals surface area (Å²) >= 11 is 0. The van der Waals surface area contributed by atoms with Gasteiger partial charge in [0.05, 0.1) is 32.3 Å². The smallest absolute Gasteiger partial charge is 0.450 e. The minimum Gasteiger partial charge on any atom is -0.494 e. The maximum atomic E-state index is 13.7. The molecule has 11 heteroatoms.